The van der Waals surface area contributed by atoms with Gasteiger partial charge in [0.1, 0.15) is 11.5 Å². The van der Waals surface area contributed by atoms with Gasteiger partial charge in [-0.15, -0.1) is 0 Å². The Balaban J connectivity index is 2.14. The molecular weight excluding hydrogens is 614 g/mol. The summed E-state index contributed by atoms with van der Waals surface area (Å²) < 4.78 is 1.99. The van der Waals surface area contributed by atoms with Crippen LogP contribution in [-0.2, 0) is 17.4 Å². The summed E-state index contributed by atoms with van der Waals surface area (Å²) in [6.45, 7) is 14.9. The lowest BCUT2D eigenvalue weighted by Gasteiger charge is -2.27. The molecule has 2 aromatic carbocycles. The van der Waals surface area contributed by atoms with E-state index < -0.39 is 0 Å². The van der Waals surface area contributed by atoms with Crippen LogP contribution >= 0.6 is 45.2 Å². The summed E-state index contributed by atoms with van der Waals surface area (Å²) in [5.74, 6) is 0.672. The van der Waals surface area contributed by atoms with Crippen molar-refractivity contribution >= 4 is 51.4 Å². The molecule has 0 aliphatic heterocycles. The first-order valence-electron chi connectivity index (χ1n) is 10.4. The van der Waals surface area contributed by atoms with Crippen LogP contribution < -0.4 is 0 Å². The molecule has 170 valence electrons. The molecule has 2 rings (SSSR count). The second-order valence-electron chi connectivity index (χ2n) is 10.1. The largest absolute Gasteiger partial charge is 0.507 e. The van der Waals surface area contributed by atoms with E-state index >= 15 is 0 Å². The van der Waals surface area contributed by atoms with Crippen LogP contribution in [0, 0.1) is 7.14 Å². The highest BCUT2D eigenvalue weighted by atomic mass is 127. The van der Waals surface area contributed by atoms with Crippen molar-refractivity contribution in [3.8, 4) is 11.5 Å². The van der Waals surface area contributed by atoms with E-state index in [1.54, 1.807) is 6.21 Å². The Bertz CT molecular complexity index is 957. The van der Waals surface area contributed by atoms with Gasteiger partial charge in [0.2, 0.25) is 0 Å². The number of hydrogen-bond donors (Lipinski definition) is 2. The van der Waals surface area contributed by atoms with E-state index in [0.29, 0.717) is 24.6 Å². The zero-order valence-corrected chi connectivity index (χ0v) is 23.9. The number of phenolic OH excluding ortho intramolecular Hbond substituents is 2. The zero-order chi connectivity index (χ0) is 23.6. The molecule has 0 bridgehead atoms. The third kappa shape index (κ3) is 7.32. The number of benzene rings is 2. The van der Waals surface area contributed by atoms with Crippen LogP contribution in [0.4, 0.5) is 0 Å². The molecule has 0 radical (unpaired) electrons. The smallest absolute Gasteiger partial charge is 0.133 e. The molecule has 6 heteroatoms. The van der Waals surface area contributed by atoms with Gasteiger partial charge < -0.3 is 15.1 Å². The first kappa shape index (κ1) is 26.4. The van der Waals surface area contributed by atoms with Crippen LogP contribution in [0.2, 0.25) is 0 Å². The van der Waals surface area contributed by atoms with E-state index in [4.69, 9.17) is 0 Å². The molecule has 0 aliphatic carbocycles. The standard InChI is InChI=1S/C25H34I2N2O2/c1-24(2,3)18-10-16(22(30)20(12-18)25(4,5)6)14-28-8-9-29(7)15-17-11-19(26)13-21(27)23(17)31/h10-14,30-31H,8-9,15H2,1-7H3. The summed E-state index contributed by atoms with van der Waals surface area (Å²) in [7, 11) is 2.02. The van der Waals surface area contributed by atoms with Crippen LogP contribution in [0.15, 0.2) is 29.3 Å². The molecule has 2 N–H and O–H groups in total. The lowest BCUT2D eigenvalue weighted by molar-refractivity contribution is 0.329. The predicted molar refractivity (Wildman–Crippen MR) is 148 cm³/mol. The number of aromatic hydroxyl groups is 2. The van der Waals surface area contributed by atoms with Crippen molar-refractivity contribution in [2.45, 2.75) is 58.9 Å². The molecule has 0 unspecified atom stereocenters. The van der Waals surface area contributed by atoms with Crippen molar-refractivity contribution in [1.29, 1.82) is 0 Å². The average molecular weight is 648 g/mol. The van der Waals surface area contributed by atoms with Gasteiger partial charge in [-0.25, -0.2) is 0 Å². The summed E-state index contributed by atoms with van der Waals surface area (Å²) in [5, 5.41) is 21.2. The molecule has 0 spiro atoms. The Morgan fingerprint density at radius 2 is 1.58 bits per heavy atom. The molecule has 0 aromatic heterocycles. The Morgan fingerprint density at radius 1 is 0.935 bits per heavy atom. The van der Waals surface area contributed by atoms with Crippen molar-refractivity contribution in [3.63, 3.8) is 0 Å². The average Bonchev–Trinajstić information content (AvgIpc) is 2.62. The van der Waals surface area contributed by atoms with E-state index in [1.165, 1.54) is 5.56 Å². The Labute approximate surface area is 214 Å². The van der Waals surface area contributed by atoms with Crippen LogP contribution in [-0.4, -0.2) is 41.5 Å². The van der Waals surface area contributed by atoms with E-state index in [0.717, 1.165) is 30.4 Å². The maximum atomic E-state index is 10.9. The summed E-state index contributed by atoms with van der Waals surface area (Å²) in [4.78, 5) is 6.74. The van der Waals surface area contributed by atoms with Crippen molar-refractivity contribution in [1.82, 2.24) is 4.90 Å². The fourth-order valence-electron chi connectivity index (χ4n) is 3.26. The molecule has 31 heavy (non-hydrogen) atoms. The lowest BCUT2D eigenvalue weighted by atomic mass is 9.79. The molecular formula is C25H34I2N2O2. The fourth-order valence-corrected chi connectivity index (χ4v) is 5.23. The minimum absolute atomic E-state index is 0.0107. The molecule has 4 nitrogen and oxygen atoms in total. The minimum Gasteiger partial charge on any atom is -0.507 e. The highest BCUT2D eigenvalue weighted by Crippen LogP contribution is 2.37. The van der Waals surface area contributed by atoms with Crippen LogP contribution in [0.5, 0.6) is 11.5 Å². The summed E-state index contributed by atoms with van der Waals surface area (Å²) in [6, 6.07) is 8.15. The van der Waals surface area contributed by atoms with Gasteiger partial charge in [-0.2, -0.15) is 0 Å². The third-order valence-corrected chi connectivity index (χ3v) is 6.65. The Morgan fingerprint density at radius 3 is 2.16 bits per heavy atom. The Hall–Kier alpha value is -0.870. The van der Waals surface area contributed by atoms with Crippen molar-refractivity contribution in [2.24, 2.45) is 4.99 Å². The molecule has 0 aliphatic rings. The van der Waals surface area contributed by atoms with Gasteiger partial charge in [-0.05, 0) is 86.8 Å². The molecule has 0 atom stereocenters. The summed E-state index contributed by atoms with van der Waals surface area (Å²) >= 11 is 4.44. The number of nitrogens with zero attached hydrogens (tertiary/aromatic N) is 2. The number of rotatable bonds is 6. The SMILES string of the molecule is CN(CCN=Cc1cc(C(C)(C)C)cc(C(C)(C)C)c1O)Cc1cc(I)cc(I)c1O. The topological polar surface area (TPSA) is 56.1 Å². The van der Waals surface area contributed by atoms with Crippen molar-refractivity contribution < 1.29 is 10.2 Å². The van der Waals surface area contributed by atoms with Gasteiger partial charge in [0.05, 0.1) is 10.1 Å². The minimum atomic E-state index is -0.152. The number of halogens is 2. The number of hydrogen-bond acceptors (Lipinski definition) is 4. The second-order valence-corrected chi connectivity index (χ2v) is 12.5. The fraction of sp³-hybridized carbons (Fsp3) is 0.480. The number of likely N-dealkylation sites (N-methyl/N-ethyl adjacent to an activating group) is 1. The van der Waals surface area contributed by atoms with Gasteiger partial charge in [0, 0.05) is 39.6 Å². The maximum absolute atomic E-state index is 10.9. The van der Waals surface area contributed by atoms with Crippen LogP contribution in [0.25, 0.3) is 0 Å². The van der Waals surface area contributed by atoms with E-state index in [9.17, 15) is 10.2 Å². The first-order chi connectivity index (χ1) is 14.2. The molecule has 0 heterocycles. The van der Waals surface area contributed by atoms with Gasteiger partial charge in [-0.1, -0.05) is 47.6 Å². The van der Waals surface area contributed by atoms with Crippen molar-refractivity contribution in [3.05, 3.63) is 53.7 Å². The van der Waals surface area contributed by atoms with Gasteiger partial charge in [0.25, 0.3) is 0 Å². The normalized spacial score (nSPS) is 12.8. The third-order valence-electron chi connectivity index (χ3n) is 5.20. The number of aliphatic imine (C=N–C) groups is 1. The second kappa shape index (κ2) is 10.4. The molecule has 0 amide bonds. The summed E-state index contributed by atoms with van der Waals surface area (Å²) in [6.07, 6.45) is 1.79. The van der Waals surface area contributed by atoms with E-state index in [1.807, 2.05) is 25.2 Å². The quantitative estimate of drug-likeness (QED) is 0.280. The molecule has 0 saturated heterocycles. The van der Waals surface area contributed by atoms with Gasteiger partial charge >= 0.3 is 0 Å². The van der Waals surface area contributed by atoms with Crippen LogP contribution in [0.3, 0.4) is 0 Å². The molecule has 0 fully saturated rings. The molecule has 0 saturated carbocycles. The van der Waals surface area contributed by atoms with Crippen molar-refractivity contribution in [2.75, 3.05) is 20.1 Å². The van der Waals surface area contributed by atoms with E-state index in [2.05, 4.69) is 103 Å². The van der Waals surface area contributed by atoms with E-state index in [-0.39, 0.29) is 10.8 Å². The van der Waals surface area contributed by atoms with Gasteiger partial charge in [0.15, 0.2) is 0 Å². The lowest BCUT2D eigenvalue weighted by Crippen LogP contribution is -2.21. The zero-order valence-electron chi connectivity index (χ0n) is 19.6. The number of phenols is 2. The summed E-state index contributed by atoms with van der Waals surface area (Å²) in [5.41, 5.74) is 3.67. The monoisotopic (exact) mass is 648 g/mol. The maximum Gasteiger partial charge on any atom is 0.133 e. The molecule has 2 aromatic rings. The highest BCUT2D eigenvalue weighted by molar-refractivity contribution is 14.1. The highest BCUT2D eigenvalue weighted by Gasteiger charge is 2.24. The predicted octanol–water partition coefficient (Wildman–Crippen LogP) is 6.45. The van der Waals surface area contributed by atoms with Gasteiger partial charge in [-0.3, -0.25) is 4.99 Å². The Kier molecular flexibility index (Phi) is 8.83. The first-order valence-corrected chi connectivity index (χ1v) is 12.6. The van der Waals surface area contributed by atoms with Crippen LogP contribution in [0.1, 0.15) is 63.8 Å².